The van der Waals surface area contributed by atoms with E-state index in [1.807, 2.05) is 6.92 Å². The molecule has 0 radical (unpaired) electrons. The summed E-state index contributed by atoms with van der Waals surface area (Å²) in [6, 6.07) is 4.74. The Bertz CT molecular complexity index is 794. The summed E-state index contributed by atoms with van der Waals surface area (Å²) in [4.78, 5) is 38.3. The Morgan fingerprint density at radius 2 is 2.11 bits per heavy atom. The van der Waals surface area contributed by atoms with Crippen LogP contribution >= 0.6 is 0 Å². The van der Waals surface area contributed by atoms with E-state index in [-0.39, 0.29) is 31.8 Å². The zero-order valence-corrected chi connectivity index (χ0v) is 15.2. The van der Waals surface area contributed by atoms with E-state index in [4.69, 9.17) is 14.2 Å². The summed E-state index contributed by atoms with van der Waals surface area (Å²) in [5, 5.41) is 2.83. The van der Waals surface area contributed by atoms with E-state index < -0.39 is 17.5 Å². The van der Waals surface area contributed by atoms with Gasteiger partial charge in [-0.15, -0.1) is 0 Å². The normalized spacial score (nSPS) is 26.4. The van der Waals surface area contributed by atoms with Crippen LogP contribution in [0.5, 0.6) is 11.5 Å². The third kappa shape index (κ3) is 3.09. The molecule has 4 rings (SSSR count). The summed E-state index contributed by atoms with van der Waals surface area (Å²) in [5.74, 6) is 0.357. The molecule has 3 amide bonds. The highest BCUT2D eigenvalue weighted by atomic mass is 16.7. The molecule has 1 saturated carbocycles. The number of esters is 1. The van der Waals surface area contributed by atoms with Gasteiger partial charge in [-0.3, -0.25) is 14.5 Å². The third-order valence-electron chi connectivity index (χ3n) is 5.63. The molecule has 0 bridgehead atoms. The summed E-state index contributed by atoms with van der Waals surface area (Å²) in [6.07, 6.45) is 3.43. The Morgan fingerprint density at radius 1 is 1.30 bits per heavy atom. The van der Waals surface area contributed by atoms with Crippen molar-refractivity contribution in [3.05, 3.63) is 23.8 Å². The summed E-state index contributed by atoms with van der Waals surface area (Å²) >= 11 is 0. The zero-order valence-electron chi connectivity index (χ0n) is 15.2. The lowest BCUT2D eigenvalue weighted by Gasteiger charge is -2.36. The molecule has 2 heterocycles. The average molecular weight is 374 g/mol. The van der Waals surface area contributed by atoms with Gasteiger partial charge in [-0.2, -0.15) is 0 Å². The summed E-state index contributed by atoms with van der Waals surface area (Å²) < 4.78 is 15.8. The SMILES string of the molecule is C[C@@H]1CCCC[C@]12NC(=O)N(CC(=O)OCc1ccc3c(c1)OCO3)C2=O. The van der Waals surface area contributed by atoms with Crippen LogP contribution in [0.2, 0.25) is 0 Å². The van der Waals surface area contributed by atoms with Gasteiger partial charge in [0.2, 0.25) is 6.79 Å². The maximum Gasteiger partial charge on any atom is 0.326 e. The van der Waals surface area contributed by atoms with Crippen LogP contribution in [-0.4, -0.2) is 41.7 Å². The molecule has 144 valence electrons. The Labute approximate surface area is 156 Å². The molecular weight excluding hydrogens is 352 g/mol. The fourth-order valence-electron chi connectivity index (χ4n) is 4.01. The summed E-state index contributed by atoms with van der Waals surface area (Å²) in [7, 11) is 0. The van der Waals surface area contributed by atoms with Crippen LogP contribution in [0.15, 0.2) is 18.2 Å². The largest absolute Gasteiger partial charge is 0.459 e. The van der Waals surface area contributed by atoms with Gasteiger partial charge in [-0.25, -0.2) is 4.79 Å². The monoisotopic (exact) mass is 374 g/mol. The highest BCUT2D eigenvalue weighted by Gasteiger charge is 2.55. The number of hydrogen-bond donors (Lipinski definition) is 1. The molecule has 8 heteroatoms. The predicted octanol–water partition coefficient (Wildman–Crippen LogP) is 1.96. The molecule has 0 unspecified atom stereocenters. The Balaban J connectivity index is 1.36. The minimum absolute atomic E-state index is 0.0284. The van der Waals surface area contributed by atoms with Gasteiger partial charge in [0.15, 0.2) is 11.5 Å². The quantitative estimate of drug-likeness (QED) is 0.640. The van der Waals surface area contributed by atoms with Gasteiger partial charge in [0.1, 0.15) is 18.7 Å². The lowest BCUT2D eigenvalue weighted by Crippen LogP contribution is -2.54. The molecule has 3 aliphatic rings. The van der Waals surface area contributed by atoms with E-state index >= 15 is 0 Å². The van der Waals surface area contributed by atoms with Crippen molar-refractivity contribution in [3.8, 4) is 11.5 Å². The molecule has 2 atom stereocenters. The first kappa shape index (κ1) is 17.6. The number of rotatable bonds is 4. The number of nitrogens with zero attached hydrogens (tertiary/aromatic N) is 1. The van der Waals surface area contributed by atoms with E-state index in [1.54, 1.807) is 18.2 Å². The number of nitrogens with one attached hydrogen (secondary N) is 1. The van der Waals surface area contributed by atoms with E-state index in [2.05, 4.69) is 5.32 Å². The van der Waals surface area contributed by atoms with Gasteiger partial charge in [0, 0.05) is 0 Å². The first-order valence-corrected chi connectivity index (χ1v) is 9.18. The van der Waals surface area contributed by atoms with E-state index in [9.17, 15) is 14.4 Å². The van der Waals surface area contributed by atoms with Crippen molar-refractivity contribution in [2.75, 3.05) is 13.3 Å². The van der Waals surface area contributed by atoms with Crippen LogP contribution in [0.1, 0.15) is 38.2 Å². The summed E-state index contributed by atoms with van der Waals surface area (Å²) in [5.41, 5.74) is -0.130. The van der Waals surface area contributed by atoms with Crippen molar-refractivity contribution in [2.45, 2.75) is 44.8 Å². The molecule has 1 aromatic rings. The molecule has 0 aromatic heterocycles. The minimum atomic E-state index is -0.868. The molecule has 1 saturated heterocycles. The topological polar surface area (TPSA) is 94.2 Å². The fraction of sp³-hybridized carbons (Fsp3) is 0.526. The lowest BCUT2D eigenvalue weighted by atomic mass is 9.73. The molecule has 1 N–H and O–H groups in total. The van der Waals surface area contributed by atoms with Crippen LogP contribution in [0, 0.1) is 5.92 Å². The number of carbonyl (C=O) groups is 3. The molecular formula is C19H22N2O6. The number of amides is 3. The summed E-state index contributed by atoms with van der Waals surface area (Å²) in [6.45, 7) is 1.79. The van der Waals surface area contributed by atoms with Crippen molar-refractivity contribution < 1.29 is 28.6 Å². The van der Waals surface area contributed by atoms with Crippen LogP contribution in [0.3, 0.4) is 0 Å². The van der Waals surface area contributed by atoms with Crippen LogP contribution in [0.25, 0.3) is 0 Å². The number of ether oxygens (including phenoxy) is 3. The van der Waals surface area contributed by atoms with E-state index in [1.165, 1.54) is 0 Å². The molecule has 8 nitrogen and oxygen atoms in total. The lowest BCUT2D eigenvalue weighted by molar-refractivity contribution is -0.149. The Morgan fingerprint density at radius 3 is 2.93 bits per heavy atom. The Kier molecular flexibility index (Phi) is 4.41. The molecule has 2 aliphatic heterocycles. The molecule has 1 spiro atoms. The van der Waals surface area contributed by atoms with Crippen molar-refractivity contribution >= 4 is 17.9 Å². The highest BCUT2D eigenvalue weighted by Crippen LogP contribution is 2.38. The number of carbonyl (C=O) groups excluding carboxylic acids is 3. The second-order valence-corrected chi connectivity index (χ2v) is 7.29. The van der Waals surface area contributed by atoms with Gasteiger partial charge in [0.25, 0.3) is 5.91 Å². The first-order valence-electron chi connectivity index (χ1n) is 9.18. The van der Waals surface area contributed by atoms with Crippen molar-refractivity contribution in [1.29, 1.82) is 0 Å². The van der Waals surface area contributed by atoms with Gasteiger partial charge >= 0.3 is 12.0 Å². The number of fused-ring (bicyclic) bond motifs is 1. The minimum Gasteiger partial charge on any atom is -0.459 e. The Hall–Kier alpha value is -2.77. The highest BCUT2D eigenvalue weighted by molar-refractivity contribution is 6.08. The molecule has 1 aliphatic carbocycles. The predicted molar refractivity (Wildman–Crippen MR) is 93.0 cm³/mol. The second kappa shape index (κ2) is 6.75. The standard InChI is InChI=1S/C19H22N2O6/c1-12-4-2-3-7-19(12)17(23)21(18(24)20-19)9-16(22)25-10-13-5-6-14-15(8-13)27-11-26-14/h5-6,8,12H,2-4,7,9-11H2,1H3,(H,20,24)/t12-,19+/m1/s1. The van der Waals surface area contributed by atoms with Crippen molar-refractivity contribution in [3.63, 3.8) is 0 Å². The maximum atomic E-state index is 12.8. The van der Waals surface area contributed by atoms with Gasteiger partial charge in [0.05, 0.1) is 0 Å². The fourth-order valence-corrected chi connectivity index (χ4v) is 4.01. The van der Waals surface area contributed by atoms with E-state index in [0.717, 1.165) is 29.7 Å². The zero-order chi connectivity index (χ0) is 19.0. The van der Waals surface area contributed by atoms with Crippen molar-refractivity contribution in [1.82, 2.24) is 10.2 Å². The van der Waals surface area contributed by atoms with Crippen molar-refractivity contribution in [2.24, 2.45) is 5.92 Å². The second-order valence-electron chi connectivity index (χ2n) is 7.29. The number of benzene rings is 1. The van der Waals surface area contributed by atoms with Gasteiger partial charge in [-0.05, 0) is 36.5 Å². The van der Waals surface area contributed by atoms with Gasteiger partial charge < -0.3 is 19.5 Å². The average Bonchev–Trinajstić information content (AvgIpc) is 3.21. The third-order valence-corrected chi connectivity index (χ3v) is 5.63. The molecule has 27 heavy (non-hydrogen) atoms. The molecule has 2 fully saturated rings. The number of hydrogen-bond acceptors (Lipinski definition) is 6. The smallest absolute Gasteiger partial charge is 0.326 e. The van der Waals surface area contributed by atoms with Crippen LogP contribution in [0.4, 0.5) is 4.79 Å². The van der Waals surface area contributed by atoms with E-state index in [0.29, 0.717) is 17.9 Å². The van der Waals surface area contributed by atoms with Gasteiger partial charge in [-0.1, -0.05) is 25.8 Å². The maximum absolute atomic E-state index is 12.8. The molecule has 1 aromatic carbocycles. The van der Waals surface area contributed by atoms with Crippen LogP contribution in [-0.2, 0) is 20.9 Å². The van der Waals surface area contributed by atoms with Crippen LogP contribution < -0.4 is 14.8 Å². The number of urea groups is 1. The first-order chi connectivity index (χ1) is 13.0. The number of imide groups is 1.